The largest absolute Gasteiger partial charge is 0.373 e. The summed E-state index contributed by atoms with van der Waals surface area (Å²) < 4.78 is 12.9. The minimum absolute atomic E-state index is 0.0860. The Hall–Kier alpha value is -1.14. The average Bonchev–Trinajstić information content (AvgIpc) is 2.66. The van der Waals surface area contributed by atoms with Crippen LogP contribution in [0.3, 0.4) is 0 Å². The Morgan fingerprint density at radius 2 is 1.41 bits per heavy atom. The van der Waals surface area contributed by atoms with Crippen molar-refractivity contribution in [3.8, 4) is 0 Å². The highest BCUT2D eigenvalue weighted by molar-refractivity contribution is 5.78. The van der Waals surface area contributed by atoms with E-state index < -0.39 is 0 Å². The number of amides is 2. The number of primary amides is 1. The topological polar surface area (TPSA) is 90.6 Å². The van der Waals surface area contributed by atoms with Crippen molar-refractivity contribution in [2.75, 3.05) is 13.2 Å². The Morgan fingerprint density at radius 3 is 1.91 bits per heavy atom. The number of hydrogen-bond acceptors (Lipinski definition) is 4. The van der Waals surface area contributed by atoms with E-state index in [4.69, 9.17) is 15.2 Å². The van der Waals surface area contributed by atoms with Gasteiger partial charge in [0.2, 0.25) is 11.8 Å². The molecule has 0 spiro atoms. The molecule has 0 aromatic rings. The normalized spacial score (nSPS) is 15.1. The Morgan fingerprint density at radius 1 is 0.853 bits per heavy atom. The lowest BCUT2D eigenvalue weighted by Gasteiger charge is -2.36. The second-order valence-corrected chi connectivity index (χ2v) is 13.4. The molecule has 0 aliphatic heterocycles. The zero-order chi connectivity index (χ0) is 26.8. The summed E-state index contributed by atoms with van der Waals surface area (Å²) >= 11 is 0. The lowest BCUT2D eigenvalue weighted by molar-refractivity contribution is -0.139. The highest BCUT2D eigenvalue weighted by atomic mass is 16.6. The molecule has 202 valence electrons. The molecule has 0 rings (SSSR count). The number of carbonyl (C=O) groups excluding carboxylic acids is 2. The van der Waals surface area contributed by atoms with Crippen LogP contribution in [0.5, 0.6) is 0 Å². The van der Waals surface area contributed by atoms with Crippen LogP contribution >= 0.6 is 0 Å². The van der Waals surface area contributed by atoms with E-state index in [2.05, 4.69) is 74.6 Å². The van der Waals surface area contributed by atoms with Crippen LogP contribution in [0, 0.1) is 16.7 Å². The zero-order valence-electron chi connectivity index (χ0n) is 24.2. The van der Waals surface area contributed by atoms with Crippen LogP contribution < -0.4 is 11.1 Å². The third kappa shape index (κ3) is 17.3. The summed E-state index contributed by atoms with van der Waals surface area (Å²) in [6, 6.07) is 0. The first-order chi connectivity index (χ1) is 15.3. The third-order valence-corrected chi connectivity index (χ3v) is 6.59. The second-order valence-electron chi connectivity index (χ2n) is 13.4. The molecule has 0 aromatic heterocycles. The van der Waals surface area contributed by atoms with Crippen molar-refractivity contribution in [3.63, 3.8) is 0 Å². The van der Waals surface area contributed by atoms with Crippen LogP contribution in [0.1, 0.15) is 121 Å². The van der Waals surface area contributed by atoms with Gasteiger partial charge < -0.3 is 20.5 Å². The van der Waals surface area contributed by atoms with Crippen LogP contribution in [0.4, 0.5) is 0 Å². The molecule has 3 N–H and O–H groups in total. The third-order valence-electron chi connectivity index (χ3n) is 6.59. The molecule has 0 bridgehead atoms. The smallest absolute Gasteiger partial charge is 0.220 e. The van der Waals surface area contributed by atoms with Gasteiger partial charge in [-0.15, -0.1) is 0 Å². The Kier molecular flexibility index (Phi) is 13.4. The monoisotopic (exact) mass is 484 g/mol. The predicted molar refractivity (Wildman–Crippen MR) is 142 cm³/mol. The van der Waals surface area contributed by atoms with E-state index >= 15 is 0 Å². The van der Waals surface area contributed by atoms with Crippen molar-refractivity contribution < 1.29 is 19.1 Å². The minimum Gasteiger partial charge on any atom is -0.373 e. The molecule has 0 fully saturated rings. The Balaban J connectivity index is 5.13. The number of nitrogens with two attached hydrogens (primary N) is 1. The van der Waals surface area contributed by atoms with Gasteiger partial charge in [-0.25, -0.2) is 0 Å². The molecule has 0 heterocycles. The number of nitrogens with one attached hydrogen (secondary N) is 1. The van der Waals surface area contributed by atoms with Crippen molar-refractivity contribution >= 4 is 11.8 Å². The fourth-order valence-electron chi connectivity index (χ4n) is 3.56. The summed E-state index contributed by atoms with van der Waals surface area (Å²) in [7, 11) is 0. The summed E-state index contributed by atoms with van der Waals surface area (Å²) in [5.74, 6) is -0.569. The number of carbonyl (C=O) groups is 2. The Labute approximate surface area is 210 Å². The highest BCUT2D eigenvalue weighted by Gasteiger charge is 2.30. The molecule has 1 unspecified atom stereocenters. The molecule has 0 aromatic carbocycles. The summed E-state index contributed by atoms with van der Waals surface area (Å²) in [6.07, 6.45) is 5.35. The standard InChI is InChI=1S/C28H56N2O4/c1-12-26(6,7)14-16-28(10,11)34-22(19-30-24(32)18-21(2)17-23(29)31)20-33-27(8,9)15-13-25(3,4)5/h21-22H,12-20H2,1-11H3,(H2,29,31)(H,30,32)/t21-,22?/m0/s1. The maximum Gasteiger partial charge on any atom is 0.220 e. The first-order valence-corrected chi connectivity index (χ1v) is 13.1. The lowest BCUT2D eigenvalue weighted by atomic mass is 9.82. The SMILES string of the molecule is CCC(C)(C)CCC(C)(C)OC(CNC(=O)C[C@@H](C)CC(N)=O)COC(C)(C)CCC(C)(C)C. The van der Waals surface area contributed by atoms with Gasteiger partial charge in [0.15, 0.2) is 0 Å². The molecule has 2 atom stereocenters. The van der Waals surface area contributed by atoms with Gasteiger partial charge >= 0.3 is 0 Å². The number of ether oxygens (including phenoxy) is 2. The van der Waals surface area contributed by atoms with E-state index in [1.807, 2.05) is 6.92 Å². The fraction of sp³-hybridized carbons (Fsp3) is 0.929. The van der Waals surface area contributed by atoms with Gasteiger partial charge in [0.1, 0.15) is 0 Å². The van der Waals surface area contributed by atoms with E-state index in [0.29, 0.717) is 13.2 Å². The maximum atomic E-state index is 12.5. The van der Waals surface area contributed by atoms with Crippen molar-refractivity contribution in [2.24, 2.45) is 22.5 Å². The Bertz CT molecular complexity index is 620. The van der Waals surface area contributed by atoms with Gasteiger partial charge in [-0.1, -0.05) is 54.9 Å². The van der Waals surface area contributed by atoms with E-state index in [9.17, 15) is 9.59 Å². The van der Waals surface area contributed by atoms with E-state index in [0.717, 1.165) is 32.1 Å². The molecule has 0 saturated heterocycles. The minimum atomic E-state index is -0.385. The van der Waals surface area contributed by atoms with E-state index in [-0.39, 0.29) is 58.7 Å². The van der Waals surface area contributed by atoms with Gasteiger partial charge in [-0.3, -0.25) is 9.59 Å². The second kappa shape index (κ2) is 13.8. The molecule has 34 heavy (non-hydrogen) atoms. The van der Waals surface area contributed by atoms with Crippen LogP contribution in [-0.2, 0) is 19.1 Å². The van der Waals surface area contributed by atoms with Gasteiger partial charge in [-0.2, -0.15) is 0 Å². The maximum absolute atomic E-state index is 12.5. The molecular weight excluding hydrogens is 428 g/mol. The molecular formula is C28H56N2O4. The molecule has 0 aliphatic rings. The predicted octanol–water partition coefficient (Wildman–Crippen LogP) is 6.01. The van der Waals surface area contributed by atoms with Crippen molar-refractivity contribution in [1.82, 2.24) is 5.32 Å². The zero-order valence-corrected chi connectivity index (χ0v) is 24.2. The first kappa shape index (κ1) is 32.9. The van der Waals surface area contributed by atoms with Gasteiger partial charge in [0.05, 0.1) is 23.9 Å². The van der Waals surface area contributed by atoms with Crippen LogP contribution in [0.25, 0.3) is 0 Å². The lowest BCUT2D eigenvalue weighted by Crippen LogP contribution is -2.43. The van der Waals surface area contributed by atoms with E-state index in [1.54, 1.807) is 0 Å². The highest BCUT2D eigenvalue weighted by Crippen LogP contribution is 2.32. The summed E-state index contributed by atoms with van der Waals surface area (Å²) in [5, 5.41) is 2.99. The molecule has 6 heteroatoms. The number of hydrogen-bond donors (Lipinski definition) is 2. The van der Waals surface area contributed by atoms with Gasteiger partial charge in [-0.05, 0) is 70.1 Å². The summed E-state index contributed by atoms with van der Waals surface area (Å²) in [5.41, 5.74) is 5.17. The van der Waals surface area contributed by atoms with Crippen molar-refractivity contribution in [3.05, 3.63) is 0 Å². The molecule has 0 saturated carbocycles. The number of rotatable bonds is 17. The van der Waals surface area contributed by atoms with Crippen molar-refractivity contribution in [1.29, 1.82) is 0 Å². The summed E-state index contributed by atoms with van der Waals surface area (Å²) in [6.45, 7) is 24.6. The molecule has 2 amide bonds. The molecule has 0 radical (unpaired) electrons. The first-order valence-electron chi connectivity index (χ1n) is 13.1. The van der Waals surface area contributed by atoms with Crippen LogP contribution in [0.15, 0.2) is 0 Å². The average molecular weight is 485 g/mol. The fourth-order valence-corrected chi connectivity index (χ4v) is 3.56. The van der Waals surface area contributed by atoms with Crippen LogP contribution in [-0.4, -0.2) is 42.3 Å². The van der Waals surface area contributed by atoms with Crippen molar-refractivity contribution in [2.45, 2.75) is 138 Å². The van der Waals surface area contributed by atoms with Gasteiger partial charge in [0, 0.05) is 19.4 Å². The quantitative estimate of drug-likeness (QED) is 0.265. The van der Waals surface area contributed by atoms with Crippen LogP contribution in [0.2, 0.25) is 0 Å². The summed E-state index contributed by atoms with van der Waals surface area (Å²) in [4.78, 5) is 23.6. The molecule has 0 aliphatic carbocycles. The van der Waals surface area contributed by atoms with E-state index in [1.165, 1.54) is 0 Å². The van der Waals surface area contributed by atoms with Gasteiger partial charge in [0.25, 0.3) is 0 Å². The molecule has 6 nitrogen and oxygen atoms in total.